The molecule has 1 unspecified atom stereocenters. The minimum Gasteiger partial charge on any atom is -0.481 e. The van der Waals surface area contributed by atoms with Gasteiger partial charge in [-0.05, 0) is 70.1 Å². The number of rotatable bonds is 7. The first-order valence-electron chi connectivity index (χ1n) is 8.57. The van der Waals surface area contributed by atoms with Gasteiger partial charge in [0.05, 0.1) is 0 Å². The normalized spacial score (nSPS) is 17.3. The Kier molecular flexibility index (Phi) is 7.89. The highest BCUT2D eigenvalue weighted by molar-refractivity contribution is 9.10. The van der Waals surface area contributed by atoms with Crippen LogP contribution < -0.4 is 10.1 Å². The number of nitrogens with zero attached hydrogens (tertiary/aromatic N) is 1. The average molecular weight is 383 g/mol. The number of carbonyl (C=O) groups is 1. The summed E-state index contributed by atoms with van der Waals surface area (Å²) in [5.41, 5.74) is 0. The molecular weight excluding hydrogens is 356 g/mol. The van der Waals surface area contributed by atoms with E-state index in [1.807, 2.05) is 24.3 Å². The molecule has 1 fully saturated rings. The van der Waals surface area contributed by atoms with Crippen LogP contribution in [-0.2, 0) is 4.79 Å². The number of nitrogens with one attached hydrogen (secondary N) is 1. The van der Waals surface area contributed by atoms with E-state index in [1.54, 1.807) is 6.92 Å². The van der Waals surface area contributed by atoms with Gasteiger partial charge >= 0.3 is 0 Å². The fraction of sp³-hybridized carbons (Fsp3) is 0.611. The number of amides is 1. The van der Waals surface area contributed by atoms with Crippen molar-refractivity contribution in [2.24, 2.45) is 0 Å². The van der Waals surface area contributed by atoms with E-state index in [0.29, 0.717) is 12.3 Å². The molecule has 0 radical (unpaired) electrons. The molecule has 1 atom stereocenters. The van der Waals surface area contributed by atoms with Crippen molar-refractivity contribution in [1.82, 2.24) is 10.2 Å². The summed E-state index contributed by atoms with van der Waals surface area (Å²) in [7, 11) is 0. The Morgan fingerprint density at radius 2 is 1.87 bits per heavy atom. The molecule has 1 heterocycles. The van der Waals surface area contributed by atoms with E-state index < -0.39 is 6.10 Å². The van der Waals surface area contributed by atoms with Crippen molar-refractivity contribution in [2.75, 3.05) is 26.2 Å². The zero-order valence-corrected chi connectivity index (χ0v) is 15.5. The SMILES string of the molecule is CC(Oc1ccc(Br)cc1)C(=O)NCCCN1CCCCCC1. The fourth-order valence-corrected chi connectivity index (χ4v) is 3.05. The molecule has 1 aliphatic heterocycles. The number of benzene rings is 1. The smallest absolute Gasteiger partial charge is 0.260 e. The maximum absolute atomic E-state index is 12.1. The van der Waals surface area contributed by atoms with E-state index in [1.165, 1.54) is 38.8 Å². The van der Waals surface area contributed by atoms with Crippen molar-refractivity contribution in [3.8, 4) is 5.75 Å². The summed E-state index contributed by atoms with van der Waals surface area (Å²) in [5.74, 6) is 0.657. The Morgan fingerprint density at radius 1 is 1.22 bits per heavy atom. The lowest BCUT2D eigenvalue weighted by atomic mass is 10.2. The summed E-state index contributed by atoms with van der Waals surface area (Å²) in [6.45, 7) is 5.98. The summed E-state index contributed by atoms with van der Waals surface area (Å²) in [4.78, 5) is 14.6. The highest BCUT2D eigenvalue weighted by Crippen LogP contribution is 2.17. The number of carbonyl (C=O) groups excluding carboxylic acids is 1. The molecule has 1 aromatic carbocycles. The maximum atomic E-state index is 12.1. The first-order valence-corrected chi connectivity index (χ1v) is 9.37. The number of likely N-dealkylation sites (tertiary alicyclic amines) is 1. The van der Waals surface area contributed by atoms with Crippen molar-refractivity contribution in [3.05, 3.63) is 28.7 Å². The zero-order valence-electron chi connectivity index (χ0n) is 13.9. The molecule has 4 nitrogen and oxygen atoms in total. The Labute approximate surface area is 147 Å². The molecule has 0 aliphatic carbocycles. The Balaban J connectivity index is 1.62. The van der Waals surface area contributed by atoms with E-state index in [0.717, 1.165) is 17.4 Å². The molecular formula is C18H27BrN2O2. The predicted molar refractivity (Wildman–Crippen MR) is 96.8 cm³/mol. The topological polar surface area (TPSA) is 41.6 Å². The molecule has 1 aromatic rings. The lowest BCUT2D eigenvalue weighted by Gasteiger charge is -2.20. The van der Waals surface area contributed by atoms with Gasteiger partial charge in [0.25, 0.3) is 5.91 Å². The maximum Gasteiger partial charge on any atom is 0.260 e. The van der Waals surface area contributed by atoms with Crippen LogP contribution in [-0.4, -0.2) is 43.1 Å². The third kappa shape index (κ3) is 6.92. The van der Waals surface area contributed by atoms with E-state index >= 15 is 0 Å². The van der Waals surface area contributed by atoms with Crippen LogP contribution in [0.4, 0.5) is 0 Å². The molecule has 0 saturated carbocycles. The third-order valence-corrected chi connectivity index (χ3v) is 4.67. The number of ether oxygens (including phenoxy) is 1. The quantitative estimate of drug-likeness (QED) is 0.732. The monoisotopic (exact) mass is 382 g/mol. The molecule has 0 aromatic heterocycles. The van der Waals surface area contributed by atoms with Crippen molar-refractivity contribution < 1.29 is 9.53 Å². The summed E-state index contributed by atoms with van der Waals surface area (Å²) in [5, 5.41) is 2.97. The van der Waals surface area contributed by atoms with Crippen molar-refractivity contribution in [3.63, 3.8) is 0 Å². The van der Waals surface area contributed by atoms with Crippen molar-refractivity contribution in [2.45, 2.75) is 45.1 Å². The largest absolute Gasteiger partial charge is 0.481 e. The van der Waals surface area contributed by atoms with Gasteiger partial charge in [-0.15, -0.1) is 0 Å². The Bertz CT molecular complexity index is 470. The van der Waals surface area contributed by atoms with E-state index in [4.69, 9.17) is 4.74 Å². The van der Waals surface area contributed by atoms with Crippen LogP contribution >= 0.6 is 15.9 Å². The molecule has 1 saturated heterocycles. The summed E-state index contributed by atoms with van der Waals surface area (Å²) < 4.78 is 6.65. The lowest BCUT2D eigenvalue weighted by molar-refractivity contribution is -0.127. The molecule has 2 rings (SSSR count). The second-order valence-electron chi connectivity index (χ2n) is 6.11. The van der Waals surface area contributed by atoms with Gasteiger partial charge in [0.1, 0.15) is 5.75 Å². The predicted octanol–water partition coefficient (Wildman–Crippen LogP) is 3.60. The average Bonchev–Trinajstić information content (AvgIpc) is 2.82. The highest BCUT2D eigenvalue weighted by atomic mass is 79.9. The zero-order chi connectivity index (χ0) is 16.5. The van der Waals surface area contributed by atoms with Gasteiger partial charge in [-0.3, -0.25) is 4.79 Å². The summed E-state index contributed by atoms with van der Waals surface area (Å²) in [6.07, 6.45) is 5.86. The minimum atomic E-state index is -0.477. The van der Waals surface area contributed by atoms with Crippen molar-refractivity contribution >= 4 is 21.8 Å². The molecule has 1 aliphatic rings. The van der Waals surface area contributed by atoms with Gasteiger partial charge in [0.15, 0.2) is 6.10 Å². The lowest BCUT2D eigenvalue weighted by Crippen LogP contribution is -2.38. The van der Waals surface area contributed by atoms with E-state index in [-0.39, 0.29) is 5.91 Å². The van der Waals surface area contributed by atoms with Crippen LogP contribution in [0.1, 0.15) is 39.0 Å². The standard InChI is InChI=1S/C18H27BrN2O2/c1-15(23-17-9-7-16(19)8-10-17)18(22)20-11-6-14-21-12-4-2-3-5-13-21/h7-10,15H,2-6,11-14H2,1H3,(H,20,22). The first kappa shape index (κ1) is 18.3. The third-order valence-electron chi connectivity index (χ3n) is 4.14. The van der Waals surface area contributed by atoms with Gasteiger partial charge < -0.3 is 15.0 Å². The molecule has 1 N–H and O–H groups in total. The molecule has 1 amide bonds. The van der Waals surface area contributed by atoms with Gasteiger partial charge in [0, 0.05) is 11.0 Å². The van der Waals surface area contributed by atoms with Gasteiger partial charge in [-0.2, -0.15) is 0 Å². The minimum absolute atomic E-state index is 0.0521. The van der Waals surface area contributed by atoms with Crippen LogP contribution in [0.3, 0.4) is 0 Å². The number of halogens is 1. The molecule has 0 bridgehead atoms. The number of hydrogen-bond acceptors (Lipinski definition) is 3. The molecule has 128 valence electrons. The Hall–Kier alpha value is -1.07. The second-order valence-corrected chi connectivity index (χ2v) is 7.03. The fourth-order valence-electron chi connectivity index (χ4n) is 2.79. The van der Waals surface area contributed by atoms with Gasteiger partial charge in [-0.25, -0.2) is 0 Å². The van der Waals surface area contributed by atoms with Crippen LogP contribution in [0.2, 0.25) is 0 Å². The van der Waals surface area contributed by atoms with E-state index in [9.17, 15) is 4.79 Å². The van der Waals surface area contributed by atoms with Crippen molar-refractivity contribution in [1.29, 1.82) is 0 Å². The molecule has 23 heavy (non-hydrogen) atoms. The highest BCUT2D eigenvalue weighted by Gasteiger charge is 2.14. The van der Waals surface area contributed by atoms with Gasteiger partial charge in [-0.1, -0.05) is 28.8 Å². The number of hydrogen-bond donors (Lipinski definition) is 1. The van der Waals surface area contributed by atoms with Crippen LogP contribution in [0.5, 0.6) is 5.75 Å². The molecule has 0 spiro atoms. The first-order chi connectivity index (χ1) is 11.1. The summed E-state index contributed by atoms with van der Waals surface area (Å²) in [6, 6.07) is 7.52. The van der Waals surface area contributed by atoms with Gasteiger partial charge in [0.2, 0.25) is 0 Å². The van der Waals surface area contributed by atoms with Crippen LogP contribution in [0.25, 0.3) is 0 Å². The van der Waals surface area contributed by atoms with Crippen LogP contribution in [0.15, 0.2) is 28.7 Å². The summed E-state index contributed by atoms with van der Waals surface area (Å²) >= 11 is 3.38. The Morgan fingerprint density at radius 3 is 2.52 bits per heavy atom. The van der Waals surface area contributed by atoms with E-state index in [2.05, 4.69) is 26.1 Å². The van der Waals surface area contributed by atoms with Crippen LogP contribution in [0, 0.1) is 0 Å². The second kappa shape index (κ2) is 9.93. The molecule has 5 heteroatoms.